The third-order valence-corrected chi connectivity index (χ3v) is 2.56. The molecule has 0 N–H and O–H groups in total. The first kappa shape index (κ1) is 11.1. The van der Waals surface area contributed by atoms with E-state index in [2.05, 4.69) is 0 Å². The van der Waals surface area contributed by atoms with Gasteiger partial charge in [-0.3, -0.25) is 0 Å². The number of halogens is 2. The second-order valence-corrected chi connectivity index (χ2v) is 4.13. The highest BCUT2D eigenvalue weighted by Crippen LogP contribution is 2.26. The lowest BCUT2D eigenvalue weighted by Gasteiger charge is -2.23. The largest absolute Gasteiger partial charge is 0.490 e. The van der Waals surface area contributed by atoms with Crippen LogP contribution >= 0.6 is 0 Å². The Morgan fingerprint density at radius 2 is 2.19 bits per heavy atom. The Balaban J connectivity index is 2.03. The van der Waals surface area contributed by atoms with Crippen LogP contribution in [0.1, 0.15) is 18.4 Å². The maximum Gasteiger partial charge on any atom is 0.125 e. The van der Waals surface area contributed by atoms with Gasteiger partial charge in [0, 0.05) is 12.8 Å². The van der Waals surface area contributed by atoms with Crippen molar-refractivity contribution in [2.75, 3.05) is 0 Å². The second kappa shape index (κ2) is 4.64. The molecule has 1 aromatic carbocycles. The average molecular weight is 224 g/mol. The Morgan fingerprint density at radius 3 is 2.88 bits per heavy atom. The van der Waals surface area contributed by atoms with E-state index >= 15 is 0 Å². The molecule has 3 heteroatoms. The van der Waals surface area contributed by atoms with Crippen molar-refractivity contribution in [2.24, 2.45) is 0 Å². The van der Waals surface area contributed by atoms with Gasteiger partial charge in [-0.2, -0.15) is 0 Å². The molecule has 0 spiro atoms. The van der Waals surface area contributed by atoms with Crippen LogP contribution in [0.25, 0.3) is 0 Å². The molecular formula is C13H14F2O. The lowest BCUT2D eigenvalue weighted by Crippen LogP contribution is -2.24. The van der Waals surface area contributed by atoms with Gasteiger partial charge >= 0.3 is 0 Å². The van der Waals surface area contributed by atoms with Crippen LogP contribution in [-0.4, -0.2) is 12.3 Å². The van der Waals surface area contributed by atoms with Gasteiger partial charge in [-0.1, -0.05) is 12.1 Å². The van der Waals surface area contributed by atoms with E-state index in [1.807, 2.05) is 25.1 Å². The predicted molar refractivity (Wildman–Crippen MR) is 58.9 cm³/mol. The molecule has 2 rings (SSSR count). The fourth-order valence-corrected chi connectivity index (χ4v) is 1.86. The van der Waals surface area contributed by atoms with Crippen molar-refractivity contribution >= 4 is 0 Å². The van der Waals surface area contributed by atoms with Crippen LogP contribution in [0.2, 0.25) is 0 Å². The number of alkyl halides is 1. The summed E-state index contributed by atoms with van der Waals surface area (Å²) in [6.07, 6.45) is -0.225. The smallest absolute Gasteiger partial charge is 0.125 e. The average Bonchev–Trinajstić information content (AvgIpc) is 2.15. The van der Waals surface area contributed by atoms with Crippen LogP contribution in [-0.2, 0) is 0 Å². The summed E-state index contributed by atoms with van der Waals surface area (Å²) in [5, 5.41) is 0. The first-order valence-corrected chi connectivity index (χ1v) is 5.37. The number of hydrogen-bond donors (Lipinski definition) is 0. The number of rotatable bonds is 2. The van der Waals surface area contributed by atoms with Gasteiger partial charge in [-0.25, -0.2) is 8.78 Å². The van der Waals surface area contributed by atoms with Crippen molar-refractivity contribution in [1.82, 2.24) is 0 Å². The molecule has 1 aliphatic rings. The Hall–Kier alpha value is -1.38. The molecule has 0 heterocycles. The van der Waals surface area contributed by atoms with Gasteiger partial charge in [0.15, 0.2) is 0 Å². The molecule has 0 aromatic heterocycles. The molecule has 1 nitrogen and oxygen atoms in total. The highest BCUT2D eigenvalue weighted by atomic mass is 19.1. The molecule has 1 aromatic rings. The molecule has 0 saturated heterocycles. The highest BCUT2D eigenvalue weighted by molar-refractivity contribution is 5.27. The summed E-state index contributed by atoms with van der Waals surface area (Å²) >= 11 is 0. The fourth-order valence-electron chi connectivity index (χ4n) is 1.86. The maximum atomic E-state index is 13.1. The standard InChI is InChI=1S/C13H14F2O/c1-9-3-2-4-12(5-9)16-13-7-10(14)6-11(15)8-13/h2-6,10,13H,7-8H2,1H3. The van der Waals surface area contributed by atoms with Gasteiger partial charge in [0.2, 0.25) is 0 Å². The molecule has 0 saturated carbocycles. The molecule has 2 unspecified atom stereocenters. The third-order valence-electron chi connectivity index (χ3n) is 2.56. The molecule has 0 aliphatic heterocycles. The molecule has 86 valence electrons. The summed E-state index contributed by atoms with van der Waals surface area (Å²) in [4.78, 5) is 0. The third kappa shape index (κ3) is 2.81. The Bertz CT molecular complexity index is 401. The van der Waals surface area contributed by atoms with Crippen LogP contribution in [0.15, 0.2) is 36.2 Å². The predicted octanol–water partition coefficient (Wildman–Crippen LogP) is 3.73. The number of hydrogen-bond acceptors (Lipinski definition) is 1. The van der Waals surface area contributed by atoms with E-state index < -0.39 is 18.1 Å². The molecule has 2 atom stereocenters. The van der Waals surface area contributed by atoms with Crippen molar-refractivity contribution < 1.29 is 13.5 Å². The lowest BCUT2D eigenvalue weighted by molar-refractivity contribution is 0.143. The zero-order valence-corrected chi connectivity index (χ0v) is 9.12. The summed E-state index contributed by atoms with van der Waals surface area (Å²) in [7, 11) is 0. The lowest BCUT2D eigenvalue weighted by atomic mass is 10.0. The Labute approximate surface area is 93.7 Å². The summed E-state index contributed by atoms with van der Waals surface area (Å²) < 4.78 is 31.6. The van der Waals surface area contributed by atoms with Crippen LogP contribution in [0.5, 0.6) is 5.75 Å². The van der Waals surface area contributed by atoms with E-state index in [9.17, 15) is 8.78 Å². The van der Waals surface area contributed by atoms with E-state index in [0.717, 1.165) is 11.6 Å². The van der Waals surface area contributed by atoms with Crippen molar-refractivity contribution in [3.63, 3.8) is 0 Å². The number of benzene rings is 1. The number of aryl methyl sites for hydroxylation is 1. The van der Waals surface area contributed by atoms with E-state index in [4.69, 9.17) is 4.74 Å². The van der Waals surface area contributed by atoms with Crippen molar-refractivity contribution in [1.29, 1.82) is 0 Å². The summed E-state index contributed by atoms with van der Waals surface area (Å²) in [6.45, 7) is 1.95. The molecular weight excluding hydrogens is 210 g/mol. The van der Waals surface area contributed by atoms with E-state index in [1.54, 1.807) is 6.07 Å². The molecule has 1 aliphatic carbocycles. The van der Waals surface area contributed by atoms with Crippen molar-refractivity contribution in [3.8, 4) is 5.75 Å². The fraction of sp³-hybridized carbons (Fsp3) is 0.385. The van der Waals surface area contributed by atoms with Gasteiger partial charge in [-0.15, -0.1) is 0 Å². The molecule has 0 amide bonds. The van der Waals surface area contributed by atoms with Crippen molar-refractivity contribution in [2.45, 2.75) is 32.0 Å². The van der Waals surface area contributed by atoms with Crippen LogP contribution in [0.4, 0.5) is 8.78 Å². The maximum absolute atomic E-state index is 13.1. The minimum Gasteiger partial charge on any atom is -0.490 e. The first-order valence-electron chi connectivity index (χ1n) is 5.37. The quantitative estimate of drug-likeness (QED) is 0.743. The van der Waals surface area contributed by atoms with Gasteiger partial charge in [0.1, 0.15) is 23.9 Å². The topological polar surface area (TPSA) is 9.23 Å². The van der Waals surface area contributed by atoms with E-state index in [0.29, 0.717) is 5.75 Å². The minimum atomic E-state index is -1.23. The van der Waals surface area contributed by atoms with E-state index in [-0.39, 0.29) is 12.8 Å². The second-order valence-electron chi connectivity index (χ2n) is 4.13. The van der Waals surface area contributed by atoms with Crippen molar-refractivity contribution in [3.05, 3.63) is 41.7 Å². The molecule has 0 fully saturated rings. The summed E-state index contributed by atoms with van der Waals surface area (Å²) in [5.74, 6) is 0.253. The van der Waals surface area contributed by atoms with Crippen LogP contribution in [0, 0.1) is 6.92 Å². The zero-order valence-electron chi connectivity index (χ0n) is 9.12. The minimum absolute atomic E-state index is 0.161. The monoisotopic (exact) mass is 224 g/mol. The van der Waals surface area contributed by atoms with Gasteiger partial charge < -0.3 is 4.74 Å². The molecule has 0 radical (unpaired) electrons. The SMILES string of the molecule is Cc1cccc(OC2CC(F)=CC(F)C2)c1. The Morgan fingerprint density at radius 1 is 1.38 bits per heavy atom. The van der Waals surface area contributed by atoms with Gasteiger partial charge in [-0.05, 0) is 30.7 Å². The number of allylic oxidation sites excluding steroid dienone is 1. The molecule has 0 bridgehead atoms. The summed E-state index contributed by atoms with van der Waals surface area (Å²) in [5.41, 5.74) is 1.07. The first-order chi connectivity index (χ1) is 7.63. The van der Waals surface area contributed by atoms with Crippen LogP contribution in [0.3, 0.4) is 0 Å². The zero-order chi connectivity index (χ0) is 11.5. The molecule has 16 heavy (non-hydrogen) atoms. The van der Waals surface area contributed by atoms with Crippen LogP contribution < -0.4 is 4.74 Å². The normalized spacial score (nSPS) is 25.1. The summed E-state index contributed by atoms with van der Waals surface area (Å²) in [6, 6.07) is 7.48. The van der Waals surface area contributed by atoms with Gasteiger partial charge in [0.25, 0.3) is 0 Å². The highest BCUT2D eigenvalue weighted by Gasteiger charge is 2.23. The van der Waals surface area contributed by atoms with E-state index in [1.165, 1.54) is 0 Å². The Kier molecular flexibility index (Phi) is 3.22. The van der Waals surface area contributed by atoms with Gasteiger partial charge in [0.05, 0.1) is 0 Å². The number of ether oxygens (including phenoxy) is 1.